The Bertz CT molecular complexity index is 894. The van der Waals surface area contributed by atoms with Gasteiger partial charge in [-0.2, -0.15) is 8.78 Å². The van der Waals surface area contributed by atoms with Crippen LogP contribution in [-0.4, -0.2) is 29.0 Å². The van der Waals surface area contributed by atoms with E-state index >= 15 is 0 Å². The summed E-state index contributed by atoms with van der Waals surface area (Å²) in [5.74, 6) is -0.825. The number of nitrogens with zero attached hydrogens (tertiary/aromatic N) is 1. The summed E-state index contributed by atoms with van der Waals surface area (Å²) in [6.07, 6.45) is 0.398. The summed E-state index contributed by atoms with van der Waals surface area (Å²) in [4.78, 5) is 24.5. The summed E-state index contributed by atoms with van der Waals surface area (Å²) in [5.41, 5.74) is 3.36. The fourth-order valence-electron chi connectivity index (χ4n) is 2.90. The lowest BCUT2D eigenvalue weighted by Gasteiger charge is -2.13. The average Bonchev–Trinajstić information content (AvgIpc) is 2.88. The van der Waals surface area contributed by atoms with Crippen molar-refractivity contribution in [3.05, 3.63) is 58.9 Å². The van der Waals surface area contributed by atoms with Gasteiger partial charge in [0.05, 0.1) is 0 Å². The number of aromatic nitrogens is 1. The van der Waals surface area contributed by atoms with E-state index in [1.165, 1.54) is 25.1 Å². The van der Waals surface area contributed by atoms with Gasteiger partial charge < -0.3 is 14.0 Å². The van der Waals surface area contributed by atoms with E-state index in [2.05, 4.69) is 4.74 Å². The molecule has 0 N–H and O–H groups in total. The van der Waals surface area contributed by atoms with Gasteiger partial charge in [0, 0.05) is 28.7 Å². The maximum absolute atomic E-state index is 12.7. The van der Waals surface area contributed by atoms with Crippen molar-refractivity contribution in [2.45, 2.75) is 47.3 Å². The number of alkyl halides is 2. The minimum atomic E-state index is -2.89. The molecule has 150 valence electrons. The van der Waals surface area contributed by atoms with Crippen LogP contribution in [-0.2, 0) is 9.53 Å². The second kappa shape index (κ2) is 8.82. The number of ketones is 1. The van der Waals surface area contributed by atoms with E-state index in [9.17, 15) is 18.4 Å². The molecule has 0 aliphatic heterocycles. The molecule has 0 amide bonds. The Morgan fingerprint density at radius 3 is 2.25 bits per heavy atom. The normalized spacial score (nSPS) is 11.9. The SMILES string of the molecule is CC(C)=CC(=O)OC(C)C(=O)c1cc(C)n(-c2ccc(OC(F)F)cc2)c1C. The van der Waals surface area contributed by atoms with Crippen LogP contribution in [0.25, 0.3) is 5.69 Å². The number of esters is 1. The Kier molecular flexibility index (Phi) is 6.72. The maximum Gasteiger partial charge on any atom is 0.387 e. The molecule has 1 aromatic carbocycles. The molecule has 2 aromatic rings. The van der Waals surface area contributed by atoms with Crippen LogP contribution in [0.3, 0.4) is 0 Å². The van der Waals surface area contributed by atoms with Gasteiger partial charge in [-0.15, -0.1) is 0 Å². The van der Waals surface area contributed by atoms with Gasteiger partial charge in [0.15, 0.2) is 6.10 Å². The molecule has 0 fully saturated rings. The van der Waals surface area contributed by atoms with Crippen molar-refractivity contribution in [2.24, 2.45) is 0 Å². The van der Waals surface area contributed by atoms with Crippen molar-refractivity contribution >= 4 is 11.8 Å². The van der Waals surface area contributed by atoms with Crippen molar-refractivity contribution in [1.82, 2.24) is 4.57 Å². The molecule has 0 saturated carbocycles. The topological polar surface area (TPSA) is 57.5 Å². The Morgan fingerprint density at radius 2 is 1.71 bits per heavy atom. The molecule has 0 radical (unpaired) electrons. The van der Waals surface area contributed by atoms with E-state index in [0.29, 0.717) is 16.9 Å². The highest BCUT2D eigenvalue weighted by Crippen LogP contribution is 2.24. The predicted molar refractivity (Wildman–Crippen MR) is 101 cm³/mol. The Balaban J connectivity index is 2.26. The first-order valence-corrected chi connectivity index (χ1v) is 8.74. The quantitative estimate of drug-likeness (QED) is 0.387. The molecule has 1 aromatic heterocycles. The summed E-state index contributed by atoms with van der Waals surface area (Å²) in [6.45, 7) is 5.77. The molecule has 0 aliphatic carbocycles. The molecule has 7 heteroatoms. The molecule has 1 unspecified atom stereocenters. The highest BCUT2D eigenvalue weighted by molar-refractivity contribution is 6.02. The third-order valence-electron chi connectivity index (χ3n) is 4.09. The summed E-state index contributed by atoms with van der Waals surface area (Å²) < 4.78 is 35.9. The van der Waals surface area contributed by atoms with E-state index in [1.807, 2.05) is 11.5 Å². The molecule has 5 nitrogen and oxygen atoms in total. The number of hydrogen-bond acceptors (Lipinski definition) is 4. The van der Waals surface area contributed by atoms with Crippen LogP contribution in [0.15, 0.2) is 42.0 Å². The van der Waals surface area contributed by atoms with Gasteiger partial charge in [0.25, 0.3) is 0 Å². The molecule has 0 aliphatic rings. The van der Waals surface area contributed by atoms with Crippen LogP contribution >= 0.6 is 0 Å². The van der Waals surface area contributed by atoms with E-state index in [4.69, 9.17) is 4.74 Å². The van der Waals surface area contributed by atoms with E-state index in [-0.39, 0.29) is 11.5 Å². The minimum Gasteiger partial charge on any atom is -0.451 e. The number of allylic oxidation sites excluding steroid dienone is 1. The fourth-order valence-corrected chi connectivity index (χ4v) is 2.90. The van der Waals surface area contributed by atoms with Crippen molar-refractivity contribution in [1.29, 1.82) is 0 Å². The zero-order chi connectivity index (χ0) is 21.0. The van der Waals surface area contributed by atoms with Gasteiger partial charge in [0.2, 0.25) is 5.78 Å². The zero-order valence-electron chi connectivity index (χ0n) is 16.5. The third-order valence-corrected chi connectivity index (χ3v) is 4.09. The van der Waals surface area contributed by atoms with Crippen LogP contribution in [0.2, 0.25) is 0 Å². The summed E-state index contributed by atoms with van der Waals surface area (Å²) in [6, 6.07) is 7.85. The summed E-state index contributed by atoms with van der Waals surface area (Å²) >= 11 is 0. The van der Waals surface area contributed by atoms with E-state index < -0.39 is 18.7 Å². The lowest BCUT2D eigenvalue weighted by atomic mass is 10.1. The second-order valence-corrected chi connectivity index (χ2v) is 6.66. The number of rotatable bonds is 7. The summed E-state index contributed by atoms with van der Waals surface area (Å²) in [7, 11) is 0. The second-order valence-electron chi connectivity index (χ2n) is 6.66. The van der Waals surface area contributed by atoms with Crippen molar-refractivity contribution < 1.29 is 27.8 Å². The van der Waals surface area contributed by atoms with Crippen molar-refractivity contribution in [2.75, 3.05) is 0 Å². The number of benzene rings is 1. The number of hydrogen-bond donors (Lipinski definition) is 0. The molecule has 1 heterocycles. The first-order valence-electron chi connectivity index (χ1n) is 8.74. The van der Waals surface area contributed by atoms with Crippen LogP contribution in [0, 0.1) is 13.8 Å². The zero-order valence-corrected chi connectivity index (χ0v) is 16.5. The van der Waals surface area contributed by atoms with Gasteiger partial charge in [-0.05, 0) is 65.0 Å². The highest BCUT2D eigenvalue weighted by atomic mass is 19.3. The molecule has 0 saturated heterocycles. The molecule has 2 rings (SSSR count). The minimum absolute atomic E-state index is 0.0531. The van der Waals surface area contributed by atoms with Crippen molar-refractivity contribution in [3.8, 4) is 11.4 Å². The number of aryl methyl sites for hydroxylation is 1. The number of carbonyl (C=O) groups excluding carboxylic acids is 2. The van der Waals surface area contributed by atoms with Crippen LogP contribution < -0.4 is 4.74 Å². The predicted octanol–water partition coefficient (Wildman–Crippen LogP) is 4.78. The lowest BCUT2D eigenvalue weighted by Crippen LogP contribution is -2.24. The Labute approximate surface area is 162 Å². The lowest BCUT2D eigenvalue weighted by molar-refractivity contribution is -0.140. The van der Waals surface area contributed by atoms with Crippen LogP contribution in [0.4, 0.5) is 8.78 Å². The smallest absolute Gasteiger partial charge is 0.387 e. The number of ether oxygens (including phenoxy) is 2. The van der Waals surface area contributed by atoms with E-state index in [1.54, 1.807) is 39.0 Å². The van der Waals surface area contributed by atoms with Crippen LogP contribution in [0.5, 0.6) is 5.75 Å². The third kappa shape index (κ3) is 5.06. The first kappa shape index (κ1) is 21.3. The van der Waals surface area contributed by atoms with Gasteiger partial charge in [-0.25, -0.2) is 4.79 Å². The maximum atomic E-state index is 12.7. The monoisotopic (exact) mass is 391 g/mol. The molecule has 1 atom stereocenters. The molecule has 0 bridgehead atoms. The fraction of sp³-hybridized carbons (Fsp3) is 0.333. The van der Waals surface area contributed by atoms with Gasteiger partial charge in [0.1, 0.15) is 5.75 Å². The number of halogens is 2. The largest absolute Gasteiger partial charge is 0.451 e. The standard InChI is InChI=1S/C21H23F2NO4/c1-12(2)10-19(25)27-15(5)20(26)18-11-13(3)24(14(18)4)16-6-8-17(9-7-16)28-21(22)23/h6-11,15,21H,1-5H3. The van der Waals surface area contributed by atoms with Gasteiger partial charge >= 0.3 is 12.6 Å². The van der Waals surface area contributed by atoms with Gasteiger partial charge in [-0.1, -0.05) is 5.57 Å². The Morgan fingerprint density at radius 1 is 1.11 bits per heavy atom. The summed E-state index contributed by atoms with van der Waals surface area (Å²) in [5, 5.41) is 0. The number of Topliss-reactive ketones (excluding diaryl/α,β-unsaturated/α-hetero) is 1. The molecular formula is C21H23F2NO4. The Hall–Kier alpha value is -2.96. The van der Waals surface area contributed by atoms with E-state index in [0.717, 1.165) is 11.3 Å². The highest BCUT2D eigenvalue weighted by Gasteiger charge is 2.24. The molecule has 28 heavy (non-hydrogen) atoms. The van der Waals surface area contributed by atoms with Crippen LogP contribution in [0.1, 0.15) is 42.5 Å². The first-order chi connectivity index (χ1) is 13.1. The number of carbonyl (C=O) groups is 2. The van der Waals surface area contributed by atoms with Gasteiger partial charge in [-0.3, -0.25) is 4.79 Å². The average molecular weight is 391 g/mol. The molecular weight excluding hydrogens is 368 g/mol. The van der Waals surface area contributed by atoms with Crippen molar-refractivity contribution in [3.63, 3.8) is 0 Å². The molecule has 0 spiro atoms.